The summed E-state index contributed by atoms with van der Waals surface area (Å²) >= 11 is 0. The summed E-state index contributed by atoms with van der Waals surface area (Å²) in [7, 11) is 0. The maximum Gasteiger partial charge on any atom is 0.293 e. The second-order valence-electron chi connectivity index (χ2n) is 4.57. The SMILES string of the molecule is CCCn1ccnc(N2CCNCC2C(N)=O)c1=O. The number of primary amides is 1. The van der Waals surface area contributed by atoms with Crippen LogP contribution in [-0.4, -0.2) is 41.1 Å². The molecule has 0 spiro atoms. The van der Waals surface area contributed by atoms with Gasteiger partial charge in [0.1, 0.15) is 6.04 Å². The molecule has 19 heavy (non-hydrogen) atoms. The topological polar surface area (TPSA) is 93.2 Å². The van der Waals surface area contributed by atoms with E-state index in [9.17, 15) is 9.59 Å². The summed E-state index contributed by atoms with van der Waals surface area (Å²) in [6.07, 6.45) is 4.12. The summed E-state index contributed by atoms with van der Waals surface area (Å²) < 4.78 is 1.61. The zero-order valence-corrected chi connectivity index (χ0v) is 11.0. The van der Waals surface area contributed by atoms with E-state index in [0.717, 1.165) is 6.42 Å². The van der Waals surface area contributed by atoms with E-state index in [4.69, 9.17) is 5.73 Å². The number of carbonyl (C=O) groups is 1. The maximum absolute atomic E-state index is 12.3. The van der Waals surface area contributed by atoms with Crippen molar-refractivity contribution in [3.8, 4) is 0 Å². The molecule has 1 fully saturated rings. The van der Waals surface area contributed by atoms with Crippen LogP contribution in [0.2, 0.25) is 0 Å². The zero-order chi connectivity index (χ0) is 13.8. The average molecular weight is 265 g/mol. The fourth-order valence-electron chi connectivity index (χ4n) is 2.26. The van der Waals surface area contributed by atoms with Crippen LogP contribution >= 0.6 is 0 Å². The van der Waals surface area contributed by atoms with Crippen LogP contribution in [0.15, 0.2) is 17.2 Å². The van der Waals surface area contributed by atoms with Crippen LogP contribution in [-0.2, 0) is 11.3 Å². The highest BCUT2D eigenvalue weighted by Crippen LogP contribution is 2.10. The Morgan fingerprint density at radius 2 is 2.42 bits per heavy atom. The second-order valence-corrected chi connectivity index (χ2v) is 4.57. The van der Waals surface area contributed by atoms with Crippen molar-refractivity contribution in [1.29, 1.82) is 0 Å². The molecular weight excluding hydrogens is 246 g/mol. The smallest absolute Gasteiger partial charge is 0.293 e. The minimum atomic E-state index is -0.522. The lowest BCUT2D eigenvalue weighted by Gasteiger charge is -2.34. The first-order valence-corrected chi connectivity index (χ1v) is 6.47. The molecule has 2 heterocycles. The Hall–Kier alpha value is -1.89. The molecule has 1 aromatic rings. The van der Waals surface area contributed by atoms with Gasteiger partial charge >= 0.3 is 0 Å². The molecule has 0 aliphatic carbocycles. The number of nitrogens with two attached hydrogens (primary N) is 1. The zero-order valence-electron chi connectivity index (χ0n) is 11.0. The molecular formula is C12H19N5O2. The predicted molar refractivity (Wildman–Crippen MR) is 72.0 cm³/mol. The van der Waals surface area contributed by atoms with Crippen LogP contribution in [0.4, 0.5) is 5.82 Å². The summed E-state index contributed by atoms with van der Waals surface area (Å²) in [6.45, 7) is 4.34. The van der Waals surface area contributed by atoms with Gasteiger partial charge in [-0.15, -0.1) is 0 Å². The van der Waals surface area contributed by atoms with E-state index >= 15 is 0 Å². The minimum absolute atomic E-state index is 0.169. The third kappa shape index (κ3) is 2.76. The Balaban J connectivity index is 2.36. The molecule has 1 atom stereocenters. The molecule has 104 valence electrons. The largest absolute Gasteiger partial charge is 0.368 e. The van der Waals surface area contributed by atoms with Crippen LogP contribution in [0.1, 0.15) is 13.3 Å². The number of hydrogen-bond acceptors (Lipinski definition) is 5. The predicted octanol–water partition coefficient (Wildman–Crippen LogP) is -1.08. The van der Waals surface area contributed by atoms with Crippen LogP contribution in [0.5, 0.6) is 0 Å². The van der Waals surface area contributed by atoms with Gasteiger partial charge in [0.15, 0.2) is 5.82 Å². The van der Waals surface area contributed by atoms with Crippen LogP contribution < -0.4 is 21.5 Å². The molecule has 3 N–H and O–H groups in total. The number of hydrogen-bond donors (Lipinski definition) is 2. The molecule has 0 radical (unpaired) electrons. The van der Waals surface area contributed by atoms with Gasteiger partial charge < -0.3 is 20.5 Å². The first-order valence-electron chi connectivity index (χ1n) is 6.47. The molecule has 1 amide bonds. The van der Waals surface area contributed by atoms with Gasteiger partial charge in [-0.25, -0.2) is 4.98 Å². The number of aryl methyl sites for hydroxylation is 1. The van der Waals surface area contributed by atoms with E-state index in [1.807, 2.05) is 6.92 Å². The van der Waals surface area contributed by atoms with Crippen molar-refractivity contribution in [2.75, 3.05) is 24.5 Å². The Kier molecular flexibility index (Phi) is 4.16. The fourth-order valence-corrected chi connectivity index (χ4v) is 2.26. The number of aromatic nitrogens is 2. The fraction of sp³-hybridized carbons (Fsp3) is 0.583. The monoisotopic (exact) mass is 265 g/mol. The van der Waals surface area contributed by atoms with Crippen molar-refractivity contribution in [2.45, 2.75) is 25.9 Å². The first-order chi connectivity index (χ1) is 9.15. The Morgan fingerprint density at radius 1 is 1.63 bits per heavy atom. The lowest BCUT2D eigenvalue weighted by atomic mass is 10.2. The molecule has 1 aromatic heterocycles. The third-order valence-electron chi connectivity index (χ3n) is 3.20. The van der Waals surface area contributed by atoms with Crippen LogP contribution in [0.3, 0.4) is 0 Å². The van der Waals surface area contributed by atoms with Crippen molar-refractivity contribution in [1.82, 2.24) is 14.9 Å². The van der Waals surface area contributed by atoms with Crippen LogP contribution in [0.25, 0.3) is 0 Å². The first kappa shape index (κ1) is 13.5. The van der Waals surface area contributed by atoms with Gasteiger partial charge in [-0.05, 0) is 6.42 Å². The van der Waals surface area contributed by atoms with Crippen molar-refractivity contribution in [3.63, 3.8) is 0 Å². The van der Waals surface area contributed by atoms with Gasteiger partial charge in [0, 0.05) is 38.6 Å². The summed E-state index contributed by atoms with van der Waals surface area (Å²) in [5.41, 5.74) is 5.22. The molecule has 7 heteroatoms. The van der Waals surface area contributed by atoms with Crippen molar-refractivity contribution >= 4 is 11.7 Å². The third-order valence-corrected chi connectivity index (χ3v) is 3.20. The van der Waals surface area contributed by atoms with E-state index in [0.29, 0.717) is 32.0 Å². The molecule has 1 aliphatic heterocycles. The second kappa shape index (κ2) is 5.83. The van der Waals surface area contributed by atoms with Gasteiger partial charge in [-0.3, -0.25) is 9.59 Å². The highest BCUT2D eigenvalue weighted by molar-refractivity contribution is 5.83. The van der Waals surface area contributed by atoms with Gasteiger partial charge in [0.25, 0.3) is 5.56 Å². The molecule has 0 aromatic carbocycles. The van der Waals surface area contributed by atoms with E-state index in [-0.39, 0.29) is 5.56 Å². The minimum Gasteiger partial charge on any atom is -0.368 e. The lowest BCUT2D eigenvalue weighted by Crippen LogP contribution is -2.58. The average Bonchev–Trinajstić information content (AvgIpc) is 2.41. The standard InChI is InChI=1S/C12H19N5O2/c1-2-5-16-6-4-15-11(12(16)19)17-7-3-14-8-9(17)10(13)18/h4,6,9,14H,2-3,5,7-8H2,1H3,(H2,13,18). The number of carbonyl (C=O) groups excluding carboxylic acids is 1. The molecule has 1 unspecified atom stereocenters. The number of nitrogens with one attached hydrogen (secondary N) is 1. The van der Waals surface area contributed by atoms with Crippen LogP contribution in [0, 0.1) is 0 Å². The van der Waals surface area contributed by atoms with Gasteiger partial charge in [-0.2, -0.15) is 0 Å². The number of rotatable bonds is 4. The number of amides is 1. The molecule has 0 bridgehead atoms. The quantitative estimate of drug-likeness (QED) is 0.722. The van der Waals surface area contributed by atoms with Crippen molar-refractivity contribution in [3.05, 3.63) is 22.7 Å². The molecule has 1 saturated heterocycles. The highest BCUT2D eigenvalue weighted by atomic mass is 16.2. The van der Waals surface area contributed by atoms with E-state index in [1.165, 1.54) is 0 Å². The molecule has 2 rings (SSSR count). The van der Waals surface area contributed by atoms with E-state index in [2.05, 4.69) is 10.3 Å². The van der Waals surface area contributed by atoms with Gasteiger partial charge in [0.2, 0.25) is 5.91 Å². The number of piperazine rings is 1. The Labute approximate surface area is 111 Å². The van der Waals surface area contributed by atoms with Crippen molar-refractivity contribution < 1.29 is 4.79 Å². The molecule has 1 aliphatic rings. The Morgan fingerprint density at radius 3 is 3.11 bits per heavy atom. The van der Waals surface area contributed by atoms with E-state index < -0.39 is 11.9 Å². The lowest BCUT2D eigenvalue weighted by molar-refractivity contribution is -0.119. The maximum atomic E-state index is 12.3. The normalized spacial score (nSPS) is 19.4. The number of anilines is 1. The molecule has 0 saturated carbocycles. The molecule has 7 nitrogen and oxygen atoms in total. The summed E-state index contributed by atoms with van der Waals surface area (Å²) in [5, 5.41) is 3.10. The van der Waals surface area contributed by atoms with E-state index in [1.54, 1.807) is 21.9 Å². The summed E-state index contributed by atoms with van der Waals surface area (Å²) in [4.78, 5) is 29.6. The number of nitrogens with zero attached hydrogens (tertiary/aromatic N) is 3. The van der Waals surface area contributed by atoms with Crippen molar-refractivity contribution in [2.24, 2.45) is 5.73 Å². The Bertz CT molecular complexity index is 513. The van der Waals surface area contributed by atoms with Gasteiger partial charge in [-0.1, -0.05) is 6.92 Å². The summed E-state index contributed by atoms with van der Waals surface area (Å²) in [5.74, 6) is -0.138. The summed E-state index contributed by atoms with van der Waals surface area (Å²) in [6, 6.07) is -0.522. The highest BCUT2D eigenvalue weighted by Gasteiger charge is 2.29. The van der Waals surface area contributed by atoms with Gasteiger partial charge in [0.05, 0.1) is 0 Å².